The molecule has 2 heterocycles. The molecule has 0 amide bonds. The van der Waals surface area contributed by atoms with E-state index in [0.717, 1.165) is 0 Å². The average Bonchev–Trinajstić information content (AvgIpc) is 3.03. The Hall–Kier alpha value is -2.68. The molecule has 0 saturated heterocycles. The first-order valence-electron chi connectivity index (χ1n) is 5.64. The highest BCUT2D eigenvalue weighted by Crippen LogP contribution is 2.26. The van der Waals surface area contributed by atoms with E-state index in [4.69, 9.17) is 14.4 Å². The standard InChI is InChI=1S/C11H12N4O5/c1-19-5-4-14-7-8(6-12-16)11(13-14)9-2-3-10(20-9)15(17)18/h2-3,6-7,16H,4-5H2,1H3. The molecule has 0 aliphatic carbocycles. The Balaban J connectivity index is 2.36. The van der Waals surface area contributed by atoms with Gasteiger partial charge in [0.1, 0.15) is 10.6 Å². The van der Waals surface area contributed by atoms with Gasteiger partial charge in [-0.2, -0.15) is 5.10 Å². The molecule has 2 aromatic rings. The lowest BCUT2D eigenvalue weighted by Crippen LogP contribution is -2.04. The number of aromatic nitrogens is 2. The fourth-order valence-electron chi connectivity index (χ4n) is 1.64. The van der Waals surface area contributed by atoms with Gasteiger partial charge in [0.05, 0.1) is 25.4 Å². The highest BCUT2D eigenvalue weighted by molar-refractivity contribution is 5.87. The van der Waals surface area contributed by atoms with Crippen molar-refractivity contribution in [3.8, 4) is 11.5 Å². The Kier molecular flexibility index (Phi) is 4.11. The molecule has 0 atom stereocenters. The first kappa shape index (κ1) is 13.7. The Bertz CT molecular complexity index is 631. The molecule has 2 rings (SSSR count). The van der Waals surface area contributed by atoms with Crippen molar-refractivity contribution in [3.05, 3.63) is 34.0 Å². The SMILES string of the molecule is COCCn1cc(C=NO)c(-c2ccc([N+](=O)[O-])o2)n1. The number of nitrogens with zero attached hydrogens (tertiary/aromatic N) is 4. The van der Waals surface area contributed by atoms with Gasteiger partial charge in [-0.1, -0.05) is 5.16 Å². The van der Waals surface area contributed by atoms with Gasteiger partial charge in [-0.05, 0) is 6.07 Å². The topological polar surface area (TPSA) is 116 Å². The van der Waals surface area contributed by atoms with Crippen molar-refractivity contribution >= 4 is 12.1 Å². The van der Waals surface area contributed by atoms with Crippen molar-refractivity contribution in [1.82, 2.24) is 9.78 Å². The molecular weight excluding hydrogens is 268 g/mol. The summed E-state index contributed by atoms with van der Waals surface area (Å²) in [6, 6.07) is 2.68. The van der Waals surface area contributed by atoms with E-state index >= 15 is 0 Å². The minimum Gasteiger partial charge on any atom is -0.411 e. The van der Waals surface area contributed by atoms with E-state index in [1.807, 2.05) is 0 Å². The maximum Gasteiger partial charge on any atom is 0.433 e. The summed E-state index contributed by atoms with van der Waals surface area (Å²) in [5, 5.41) is 26.4. The molecule has 0 fully saturated rings. The number of hydrogen-bond donors (Lipinski definition) is 1. The first-order chi connectivity index (χ1) is 9.65. The molecule has 0 spiro atoms. The Labute approximate surface area is 113 Å². The Morgan fingerprint density at radius 3 is 3.05 bits per heavy atom. The number of hydrogen-bond acceptors (Lipinski definition) is 7. The van der Waals surface area contributed by atoms with E-state index in [-0.39, 0.29) is 11.6 Å². The minimum atomic E-state index is -0.634. The van der Waals surface area contributed by atoms with Crippen molar-refractivity contribution in [2.45, 2.75) is 6.54 Å². The maximum atomic E-state index is 10.6. The van der Waals surface area contributed by atoms with Crippen LogP contribution in [-0.4, -0.2) is 39.8 Å². The number of methoxy groups -OCH3 is 1. The highest BCUT2D eigenvalue weighted by Gasteiger charge is 2.18. The molecule has 0 radical (unpaired) electrons. The molecule has 20 heavy (non-hydrogen) atoms. The molecule has 0 aliphatic heterocycles. The second kappa shape index (κ2) is 5.97. The van der Waals surface area contributed by atoms with Crippen LogP contribution < -0.4 is 0 Å². The van der Waals surface area contributed by atoms with Gasteiger partial charge in [0.2, 0.25) is 0 Å². The zero-order valence-corrected chi connectivity index (χ0v) is 10.6. The minimum absolute atomic E-state index is 0.225. The van der Waals surface area contributed by atoms with Crippen LogP contribution in [-0.2, 0) is 11.3 Å². The van der Waals surface area contributed by atoms with Crippen LogP contribution in [0, 0.1) is 10.1 Å². The molecule has 1 N–H and O–H groups in total. The van der Waals surface area contributed by atoms with Gasteiger partial charge in [0.15, 0.2) is 5.76 Å². The summed E-state index contributed by atoms with van der Waals surface area (Å²) in [6.45, 7) is 0.945. The normalized spacial score (nSPS) is 11.2. The van der Waals surface area contributed by atoms with Gasteiger partial charge in [-0.25, -0.2) is 0 Å². The summed E-state index contributed by atoms with van der Waals surface area (Å²) in [5.74, 6) is -0.152. The summed E-state index contributed by atoms with van der Waals surface area (Å²) < 4.78 is 11.6. The third kappa shape index (κ3) is 2.83. The predicted molar refractivity (Wildman–Crippen MR) is 67.8 cm³/mol. The van der Waals surface area contributed by atoms with Crippen molar-refractivity contribution in [2.75, 3.05) is 13.7 Å². The zero-order valence-electron chi connectivity index (χ0n) is 10.6. The average molecular weight is 280 g/mol. The van der Waals surface area contributed by atoms with E-state index < -0.39 is 4.92 Å². The van der Waals surface area contributed by atoms with E-state index in [1.54, 1.807) is 18.0 Å². The van der Waals surface area contributed by atoms with Crippen molar-refractivity contribution < 1.29 is 19.3 Å². The summed E-state index contributed by atoms with van der Waals surface area (Å²) in [5.41, 5.74) is 0.833. The molecule has 9 nitrogen and oxygen atoms in total. The monoisotopic (exact) mass is 280 g/mol. The number of nitro groups is 1. The molecule has 9 heteroatoms. The maximum absolute atomic E-state index is 10.6. The summed E-state index contributed by atoms with van der Waals surface area (Å²) in [6.07, 6.45) is 2.81. The third-order valence-electron chi connectivity index (χ3n) is 2.52. The summed E-state index contributed by atoms with van der Waals surface area (Å²) in [7, 11) is 1.57. The predicted octanol–water partition coefficient (Wildman–Crippen LogP) is 1.51. The van der Waals surface area contributed by atoms with Crippen LogP contribution in [0.25, 0.3) is 11.5 Å². The Morgan fingerprint density at radius 2 is 2.45 bits per heavy atom. The van der Waals surface area contributed by atoms with E-state index in [0.29, 0.717) is 24.4 Å². The van der Waals surface area contributed by atoms with Gasteiger partial charge in [0, 0.05) is 18.9 Å². The largest absolute Gasteiger partial charge is 0.433 e. The second-order valence-corrected chi connectivity index (χ2v) is 3.83. The number of furan rings is 1. The van der Waals surface area contributed by atoms with E-state index in [1.165, 1.54) is 18.3 Å². The van der Waals surface area contributed by atoms with Crippen LogP contribution >= 0.6 is 0 Å². The number of oxime groups is 1. The van der Waals surface area contributed by atoms with Gasteiger partial charge in [-0.3, -0.25) is 14.8 Å². The molecule has 0 saturated carbocycles. The third-order valence-corrected chi connectivity index (χ3v) is 2.52. The van der Waals surface area contributed by atoms with Crippen molar-refractivity contribution in [2.24, 2.45) is 5.16 Å². The smallest absolute Gasteiger partial charge is 0.411 e. The van der Waals surface area contributed by atoms with Crippen LogP contribution in [0.3, 0.4) is 0 Å². The highest BCUT2D eigenvalue weighted by atomic mass is 16.6. The van der Waals surface area contributed by atoms with Crippen LogP contribution in [0.4, 0.5) is 5.88 Å². The van der Waals surface area contributed by atoms with Crippen LogP contribution in [0.1, 0.15) is 5.56 Å². The van der Waals surface area contributed by atoms with Gasteiger partial charge < -0.3 is 14.4 Å². The molecular formula is C11H12N4O5. The second-order valence-electron chi connectivity index (χ2n) is 3.83. The van der Waals surface area contributed by atoms with Gasteiger partial charge >= 0.3 is 5.88 Å². The van der Waals surface area contributed by atoms with Crippen LogP contribution in [0.15, 0.2) is 27.9 Å². The van der Waals surface area contributed by atoms with Gasteiger partial charge in [0.25, 0.3) is 0 Å². The van der Waals surface area contributed by atoms with Crippen molar-refractivity contribution in [3.63, 3.8) is 0 Å². The molecule has 0 unspecified atom stereocenters. The molecule has 2 aromatic heterocycles. The molecule has 106 valence electrons. The first-order valence-corrected chi connectivity index (χ1v) is 5.64. The van der Waals surface area contributed by atoms with Crippen molar-refractivity contribution in [1.29, 1.82) is 0 Å². The number of ether oxygens (including phenoxy) is 1. The van der Waals surface area contributed by atoms with Gasteiger partial charge in [-0.15, -0.1) is 0 Å². The number of rotatable bonds is 6. The quantitative estimate of drug-likeness (QED) is 0.371. The lowest BCUT2D eigenvalue weighted by atomic mass is 10.2. The molecule has 0 aromatic carbocycles. The lowest BCUT2D eigenvalue weighted by Gasteiger charge is -1.98. The lowest BCUT2D eigenvalue weighted by molar-refractivity contribution is -0.401. The molecule has 0 bridgehead atoms. The summed E-state index contributed by atoms with van der Waals surface area (Å²) in [4.78, 5) is 9.97. The summed E-state index contributed by atoms with van der Waals surface area (Å²) >= 11 is 0. The van der Waals surface area contributed by atoms with Crippen LogP contribution in [0.5, 0.6) is 0 Å². The fourth-order valence-corrected chi connectivity index (χ4v) is 1.64. The van der Waals surface area contributed by atoms with E-state index in [9.17, 15) is 10.1 Å². The Morgan fingerprint density at radius 1 is 1.65 bits per heavy atom. The fraction of sp³-hybridized carbons (Fsp3) is 0.273. The van der Waals surface area contributed by atoms with E-state index in [2.05, 4.69) is 10.3 Å². The van der Waals surface area contributed by atoms with Crippen LogP contribution in [0.2, 0.25) is 0 Å². The molecule has 0 aliphatic rings. The zero-order chi connectivity index (χ0) is 14.5.